The predicted molar refractivity (Wildman–Crippen MR) is 111 cm³/mol. The first-order valence-electron chi connectivity index (χ1n) is 9.31. The summed E-state index contributed by atoms with van der Waals surface area (Å²) in [6, 6.07) is 16.2. The second-order valence-corrected chi connectivity index (χ2v) is 9.25. The Balaban J connectivity index is 1.59. The van der Waals surface area contributed by atoms with Gasteiger partial charge in [0, 0.05) is 42.9 Å². The minimum atomic E-state index is -3.60. The number of nitrogens with zero attached hydrogens (tertiary/aromatic N) is 2. The number of sulfonamides is 1. The lowest BCUT2D eigenvalue weighted by Gasteiger charge is -2.40. The van der Waals surface area contributed by atoms with Gasteiger partial charge in [0.2, 0.25) is 15.6 Å². The Kier molecular flexibility index (Phi) is 4.72. The molecular formula is C21H23N3O3S. The maximum Gasteiger partial charge on any atom is 0.248 e. The Morgan fingerprint density at radius 2 is 1.86 bits per heavy atom. The average Bonchev–Trinajstić information content (AvgIpc) is 2.67. The van der Waals surface area contributed by atoms with Crippen molar-refractivity contribution in [2.75, 3.05) is 24.5 Å². The van der Waals surface area contributed by atoms with Crippen LogP contribution in [0.15, 0.2) is 64.3 Å². The summed E-state index contributed by atoms with van der Waals surface area (Å²) in [6.07, 6.45) is 0. The van der Waals surface area contributed by atoms with Crippen molar-refractivity contribution in [3.8, 4) is 0 Å². The van der Waals surface area contributed by atoms with Gasteiger partial charge in [-0.15, -0.1) is 0 Å². The molecule has 1 N–H and O–H groups in total. The highest BCUT2D eigenvalue weighted by Gasteiger charge is 2.32. The van der Waals surface area contributed by atoms with Crippen LogP contribution in [-0.2, 0) is 10.0 Å². The fourth-order valence-corrected chi connectivity index (χ4v) is 5.32. The first-order valence-corrected chi connectivity index (χ1v) is 10.8. The molecule has 0 spiro atoms. The zero-order valence-corrected chi connectivity index (χ0v) is 16.7. The lowest BCUT2D eigenvalue weighted by Crippen LogP contribution is -2.53. The van der Waals surface area contributed by atoms with Gasteiger partial charge < -0.3 is 9.88 Å². The number of pyridine rings is 1. The first-order chi connectivity index (χ1) is 13.3. The number of hydrogen-bond acceptors (Lipinski definition) is 4. The number of nitrogens with one attached hydrogen (secondary N) is 1. The molecule has 6 nitrogen and oxygen atoms in total. The second-order valence-electron chi connectivity index (χ2n) is 7.32. The molecule has 0 bridgehead atoms. The lowest BCUT2D eigenvalue weighted by atomic mass is 10.1. The van der Waals surface area contributed by atoms with Crippen LogP contribution in [0.1, 0.15) is 12.5 Å². The fourth-order valence-electron chi connectivity index (χ4n) is 3.77. The fraction of sp³-hybridized carbons (Fsp3) is 0.286. The van der Waals surface area contributed by atoms with Crippen LogP contribution >= 0.6 is 0 Å². The van der Waals surface area contributed by atoms with Crippen LogP contribution in [0, 0.1) is 6.92 Å². The molecule has 0 aliphatic carbocycles. The minimum Gasteiger partial charge on any atom is -0.366 e. The first kappa shape index (κ1) is 18.7. The number of aryl methyl sites for hydroxylation is 1. The zero-order chi connectivity index (χ0) is 19.9. The number of anilines is 1. The van der Waals surface area contributed by atoms with Crippen LogP contribution in [-0.4, -0.2) is 43.4 Å². The van der Waals surface area contributed by atoms with Gasteiger partial charge in [0.1, 0.15) is 0 Å². The number of fused-ring (bicyclic) bond motifs is 1. The van der Waals surface area contributed by atoms with Crippen LogP contribution in [0.5, 0.6) is 0 Å². The van der Waals surface area contributed by atoms with E-state index in [0.717, 1.165) is 5.69 Å². The van der Waals surface area contributed by atoms with E-state index in [4.69, 9.17) is 0 Å². The van der Waals surface area contributed by atoms with Crippen LogP contribution in [0.2, 0.25) is 0 Å². The third kappa shape index (κ3) is 3.43. The smallest absolute Gasteiger partial charge is 0.248 e. The van der Waals surface area contributed by atoms with Crippen molar-refractivity contribution in [1.29, 1.82) is 0 Å². The van der Waals surface area contributed by atoms with E-state index < -0.39 is 10.0 Å². The highest BCUT2D eigenvalue weighted by molar-refractivity contribution is 7.89. The largest absolute Gasteiger partial charge is 0.366 e. The second kappa shape index (κ2) is 7.07. The maximum absolute atomic E-state index is 13.2. The molecule has 1 saturated heterocycles. The van der Waals surface area contributed by atoms with E-state index in [1.54, 1.807) is 28.6 Å². The maximum atomic E-state index is 13.2. The highest BCUT2D eigenvalue weighted by Crippen LogP contribution is 2.26. The molecule has 1 aliphatic heterocycles. The molecule has 2 heterocycles. The zero-order valence-electron chi connectivity index (χ0n) is 15.9. The molecule has 1 aromatic heterocycles. The summed E-state index contributed by atoms with van der Waals surface area (Å²) < 4.78 is 27.9. The number of rotatable bonds is 3. The van der Waals surface area contributed by atoms with Gasteiger partial charge in [-0.2, -0.15) is 4.31 Å². The quantitative estimate of drug-likeness (QED) is 0.738. The summed E-state index contributed by atoms with van der Waals surface area (Å²) >= 11 is 0. The Hall–Kier alpha value is -2.64. The molecule has 28 heavy (non-hydrogen) atoms. The molecular weight excluding hydrogens is 374 g/mol. The van der Waals surface area contributed by atoms with Gasteiger partial charge in [-0.3, -0.25) is 4.79 Å². The lowest BCUT2D eigenvalue weighted by molar-refractivity contribution is 0.342. The molecule has 1 atom stereocenters. The summed E-state index contributed by atoms with van der Waals surface area (Å²) in [4.78, 5) is 16.7. The van der Waals surface area contributed by atoms with Crippen LogP contribution in [0.3, 0.4) is 0 Å². The van der Waals surface area contributed by atoms with Crippen molar-refractivity contribution in [3.05, 3.63) is 70.5 Å². The number of aromatic nitrogens is 1. The summed E-state index contributed by atoms with van der Waals surface area (Å²) in [5.41, 5.74) is 2.74. The molecule has 0 saturated carbocycles. The molecule has 4 rings (SSSR count). The third-order valence-corrected chi connectivity index (χ3v) is 7.12. The van der Waals surface area contributed by atoms with Gasteiger partial charge in [-0.05, 0) is 61.2 Å². The number of hydrogen-bond donors (Lipinski definition) is 1. The van der Waals surface area contributed by atoms with Crippen molar-refractivity contribution in [3.63, 3.8) is 0 Å². The van der Waals surface area contributed by atoms with Crippen molar-refractivity contribution in [1.82, 2.24) is 9.29 Å². The molecule has 1 aliphatic rings. The summed E-state index contributed by atoms with van der Waals surface area (Å²) in [5, 5.41) is 0.701. The van der Waals surface area contributed by atoms with E-state index in [-0.39, 0.29) is 16.5 Å². The van der Waals surface area contributed by atoms with Gasteiger partial charge in [0.25, 0.3) is 0 Å². The molecule has 1 fully saturated rings. The van der Waals surface area contributed by atoms with Gasteiger partial charge in [-0.25, -0.2) is 8.42 Å². The average molecular weight is 398 g/mol. The number of H-pyrrole nitrogens is 1. The van der Waals surface area contributed by atoms with Gasteiger partial charge in [-0.1, -0.05) is 12.1 Å². The molecule has 146 valence electrons. The van der Waals surface area contributed by atoms with E-state index >= 15 is 0 Å². The van der Waals surface area contributed by atoms with Crippen molar-refractivity contribution >= 4 is 26.6 Å². The third-order valence-electron chi connectivity index (χ3n) is 5.26. The van der Waals surface area contributed by atoms with Crippen LogP contribution in [0.25, 0.3) is 10.9 Å². The monoisotopic (exact) mass is 397 g/mol. The van der Waals surface area contributed by atoms with Gasteiger partial charge in [0.15, 0.2) is 0 Å². The van der Waals surface area contributed by atoms with Crippen molar-refractivity contribution in [2.45, 2.75) is 24.8 Å². The highest BCUT2D eigenvalue weighted by atomic mass is 32.2. The standard InChI is InChI=1S/C21H23N3O3S/c1-15-4-3-5-18(12-15)24-11-10-23(14-16(24)2)28(26,27)19-7-8-20-17(13-19)6-9-21(25)22-20/h3-9,12-13,16H,10-11,14H2,1-2H3,(H,22,25)/t16-/m0/s1. The topological polar surface area (TPSA) is 73.5 Å². The van der Waals surface area contributed by atoms with E-state index in [0.29, 0.717) is 30.5 Å². The molecule has 7 heteroatoms. The Morgan fingerprint density at radius 3 is 2.61 bits per heavy atom. The number of aromatic amines is 1. The molecule has 0 unspecified atom stereocenters. The minimum absolute atomic E-state index is 0.0714. The summed E-state index contributed by atoms with van der Waals surface area (Å²) in [5.74, 6) is 0. The van der Waals surface area contributed by atoms with Crippen molar-refractivity contribution < 1.29 is 8.42 Å². The summed E-state index contributed by atoms with van der Waals surface area (Å²) in [6.45, 7) is 5.62. The molecule has 0 radical (unpaired) electrons. The Morgan fingerprint density at radius 1 is 1.04 bits per heavy atom. The van der Waals surface area contributed by atoms with Gasteiger partial charge in [0.05, 0.1) is 4.90 Å². The van der Waals surface area contributed by atoms with E-state index in [9.17, 15) is 13.2 Å². The van der Waals surface area contributed by atoms with E-state index in [1.807, 2.05) is 6.07 Å². The Labute approximate surface area is 164 Å². The molecule has 3 aromatic rings. The van der Waals surface area contributed by atoms with Crippen LogP contribution < -0.4 is 10.5 Å². The molecule has 0 amide bonds. The van der Waals surface area contributed by atoms with Crippen LogP contribution in [0.4, 0.5) is 5.69 Å². The normalized spacial score (nSPS) is 18.5. The van der Waals surface area contributed by atoms with Crippen molar-refractivity contribution in [2.24, 2.45) is 0 Å². The number of benzene rings is 2. The van der Waals surface area contributed by atoms with Gasteiger partial charge >= 0.3 is 0 Å². The Bertz CT molecular complexity index is 1190. The number of piperazine rings is 1. The predicted octanol–water partition coefficient (Wildman–Crippen LogP) is 2.74. The molecule has 2 aromatic carbocycles. The van der Waals surface area contributed by atoms with E-state index in [2.05, 4.69) is 41.9 Å². The SMILES string of the molecule is Cc1cccc(N2CCN(S(=O)(=O)c3ccc4[nH]c(=O)ccc4c3)C[C@@H]2C)c1. The van der Waals surface area contributed by atoms with E-state index in [1.165, 1.54) is 11.6 Å². The summed E-state index contributed by atoms with van der Waals surface area (Å²) in [7, 11) is -3.60.